The van der Waals surface area contributed by atoms with Crippen LogP contribution in [0, 0.1) is 0 Å². The van der Waals surface area contributed by atoms with Gasteiger partial charge in [-0.3, -0.25) is 4.79 Å². The first kappa shape index (κ1) is 14.7. The molecule has 3 rings (SSSR count). The highest BCUT2D eigenvalue weighted by Crippen LogP contribution is 2.51. The maximum Gasteiger partial charge on any atom is 0.260 e. The molecule has 2 fully saturated rings. The van der Waals surface area contributed by atoms with Crippen LogP contribution in [0.25, 0.3) is 0 Å². The molecule has 2 aliphatic carbocycles. The van der Waals surface area contributed by atoms with E-state index in [0.717, 1.165) is 10.6 Å². The van der Waals surface area contributed by atoms with E-state index >= 15 is 0 Å². The van der Waals surface area contributed by atoms with Crippen molar-refractivity contribution >= 4 is 27.9 Å². The predicted octanol–water partition coefficient (Wildman–Crippen LogP) is 3.83. The fourth-order valence-electron chi connectivity index (χ4n) is 3.31. The SMILES string of the molecule is NC(=O)c1sc(NC2CCCCCCC2)c(C2CC2)c1N. The Morgan fingerprint density at radius 1 is 1.05 bits per heavy atom. The summed E-state index contributed by atoms with van der Waals surface area (Å²) in [5.41, 5.74) is 13.4. The molecule has 2 saturated carbocycles. The Hall–Kier alpha value is -1.23. The van der Waals surface area contributed by atoms with Crippen molar-refractivity contribution in [2.45, 2.75) is 69.7 Å². The number of amides is 1. The summed E-state index contributed by atoms with van der Waals surface area (Å²) in [5.74, 6) is 0.135. The number of rotatable bonds is 4. The molecule has 0 unspecified atom stereocenters. The Balaban J connectivity index is 1.80. The fraction of sp³-hybridized carbons (Fsp3) is 0.688. The molecule has 1 heterocycles. The van der Waals surface area contributed by atoms with Crippen LogP contribution in [0.3, 0.4) is 0 Å². The Kier molecular flexibility index (Phi) is 4.38. The summed E-state index contributed by atoms with van der Waals surface area (Å²) in [6.45, 7) is 0. The number of hydrogen-bond acceptors (Lipinski definition) is 4. The van der Waals surface area contributed by atoms with Gasteiger partial charge in [-0.25, -0.2) is 0 Å². The second kappa shape index (κ2) is 6.26. The van der Waals surface area contributed by atoms with Gasteiger partial charge in [0, 0.05) is 11.6 Å². The van der Waals surface area contributed by atoms with Gasteiger partial charge < -0.3 is 16.8 Å². The number of nitrogens with two attached hydrogens (primary N) is 2. The molecule has 1 aromatic rings. The van der Waals surface area contributed by atoms with Crippen molar-refractivity contribution in [3.63, 3.8) is 0 Å². The molecule has 1 aromatic heterocycles. The second-order valence-corrected chi connectivity index (χ2v) is 7.43. The molecule has 116 valence electrons. The fourth-order valence-corrected chi connectivity index (χ4v) is 4.45. The van der Waals surface area contributed by atoms with E-state index in [1.807, 2.05) is 0 Å². The van der Waals surface area contributed by atoms with Gasteiger partial charge in [0.25, 0.3) is 5.91 Å². The van der Waals surface area contributed by atoms with Crippen molar-refractivity contribution in [3.8, 4) is 0 Å². The van der Waals surface area contributed by atoms with Crippen LogP contribution in [0.5, 0.6) is 0 Å². The van der Waals surface area contributed by atoms with Crippen molar-refractivity contribution in [2.24, 2.45) is 5.73 Å². The number of carbonyl (C=O) groups excluding carboxylic acids is 1. The van der Waals surface area contributed by atoms with Crippen LogP contribution in [0.4, 0.5) is 10.7 Å². The average Bonchev–Trinajstić information content (AvgIpc) is 3.17. The molecular weight excluding hydrogens is 282 g/mol. The minimum atomic E-state index is -0.398. The van der Waals surface area contributed by atoms with Gasteiger partial charge in [-0.2, -0.15) is 0 Å². The van der Waals surface area contributed by atoms with Crippen molar-refractivity contribution in [1.29, 1.82) is 0 Å². The lowest BCUT2D eigenvalue weighted by molar-refractivity contribution is 0.100. The van der Waals surface area contributed by atoms with Gasteiger partial charge in [0.05, 0.1) is 10.7 Å². The van der Waals surface area contributed by atoms with Crippen LogP contribution in [-0.2, 0) is 0 Å². The number of nitrogen functional groups attached to an aromatic ring is 1. The van der Waals surface area contributed by atoms with Crippen LogP contribution in [0.1, 0.15) is 78.9 Å². The lowest BCUT2D eigenvalue weighted by Gasteiger charge is -2.22. The van der Waals surface area contributed by atoms with E-state index in [1.54, 1.807) is 0 Å². The summed E-state index contributed by atoms with van der Waals surface area (Å²) in [4.78, 5) is 12.1. The summed E-state index contributed by atoms with van der Waals surface area (Å²) in [6, 6.07) is 0.515. The van der Waals surface area contributed by atoms with E-state index in [4.69, 9.17) is 11.5 Å². The van der Waals surface area contributed by atoms with Gasteiger partial charge in [-0.1, -0.05) is 32.1 Å². The third-order valence-corrected chi connectivity index (χ3v) is 5.80. The molecule has 0 bridgehead atoms. The minimum Gasteiger partial charge on any atom is -0.397 e. The van der Waals surface area contributed by atoms with Crippen LogP contribution >= 0.6 is 11.3 Å². The molecule has 0 saturated heterocycles. The van der Waals surface area contributed by atoms with E-state index in [0.29, 0.717) is 22.5 Å². The van der Waals surface area contributed by atoms with Gasteiger partial charge in [0.15, 0.2) is 0 Å². The Labute approximate surface area is 130 Å². The predicted molar refractivity (Wildman–Crippen MR) is 89.0 cm³/mol. The van der Waals surface area contributed by atoms with Crippen molar-refractivity contribution in [2.75, 3.05) is 11.1 Å². The molecule has 4 nitrogen and oxygen atoms in total. The van der Waals surface area contributed by atoms with Crippen molar-refractivity contribution in [3.05, 3.63) is 10.4 Å². The van der Waals surface area contributed by atoms with E-state index in [1.165, 1.54) is 69.1 Å². The van der Waals surface area contributed by atoms with Crippen molar-refractivity contribution in [1.82, 2.24) is 0 Å². The zero-order chi connectivity index (χ0) is 14.8. The van der Waals surface area contributed by atoms with E-state index in [9.17, 15) is 4.79 Å². The zero-order valence-corrected chi connectivity index (χ0v) is 13.3. The molecule has 1 amide bonds. The van der Waals surface area contributed by atoms with Gasteiger partial charge in [-0.15, -0.1) is 11.3 Å². The average molecular weight is 307 g/mol. The monoisotopic (exact) mass is 307 g/mol. The number of anilines is 2. The number of nitrogens with one attached hydrogen (secondary N) is 1. The first-order chi connectivity index (χ1) is 10.2. The number of hydrogen-bond donors (Lipinski definition) is 3. The van der Waals surface area contributed by atoms with Gasteiger partial charge in [0.1, 0.15) is 4.88 Å². The third-order valence-electron chi connectivity index (χ3n) is 4.63. The molecule has 21 heavy (non-hydrogen) atoms. The first-order valence-corrected chi connectivity index (χ1v) is 8.97. The first-order valence-electron chi connectivity index (χ1n) is 8.15. The standard InChI is InChI=1S/C16H25N3OS/c17-13-12(10-8-9-10)16(21-14(13)15(18)20)19-11-6-4-2-1-3-5-7-11/h10-11,19H,1-9,17H2,(H2,18,20). The zero-order valence-electron chi connectivity index (χ0n) is 12.5. The normalized spacial score (nSPS) is 20.8. The van der Waals surface area contributed by atoms with Crippen LogP contribution in [0.15, 0.2) is 0 Å². The third kappa shape index (κ3) is 3.34. The Bertz CT molecular complexity index is 514. The summed E-state index contributed by atoms with van der Waals surface area (Å²) >= 11 is 1.46. The summed E-state index contributed by atoms with van der Waals surface area (Å²) in [5, 5.41) is 4.79. The lowest BCUT2D eigenvalue weighted by atomic mass is 9.96. The van der Waals surface area contributed by atoms with E-state index in [2.05, 4.69) is 5.32 Å². The van der Waals surface area contributed by atoms with Crippen LogP contribution < -0.4 is 16.8 Å². The highest BCUT2D eigenvalue weighted by atomic mass is 32.1. The number of primary amides is 1. The summed E-state index contributed by atoms with van der Waals surface area (Å²) in [7, 11) is 0. The Morgan fingerprint density at radius 3 is 2.24 bits per heavy atom. The Morgan fingerprint density at radius 2 is 1.67 bits per heavy atom. The molecule has 2 aliphatic rings. The summed E-state index contributed by atoms with van der Waals surface area (Å²) in [6.07, 6.45) is 11.4. The summed E-state index contributed by atoms with van der Waals surface area (Å²) < 4.78 is 0. The number of carbonyl (C=O) groups is 1. The van der Waals surface area contributed by atoms with Crippen LogP contribution in [0.2, 0.25) is 0 Å². The highest BCUT2D eigenvalue weighted by molar-refractivity contribution is 7.18. The maximum atomic E-state index is 11.5. The molecular formula is C16H25N3OS. The molecule has 5 heteroatoms. The molecule has 0 spiro atoms. The minimum absolute atomic E-state index is 0.398. The maximum absolute atomic E-state index is 11.5. The largest absolute Gasteiger partial charge is 0.397 e. The van der Waals surface area contributed by atoms with Crippen molar-refractivity contribution < 1.29 is 4.79 Å². The number of thiophene rings is 1. The van der Waals surface area contributed by atoms with E-state index in [-0.39, 0.29) is 0 Å². The van der Waals surface area contributed by atoms with Gasteiger partial charge in [-0.05, 0) is 31.6 Å². The second-order valence-electron chi connectivity index (χ2n) is 6.41. The van der Waals surface area contributed by atoms with Crippen LogP contribution in [-0.4, -0.2) is 11.9 Å². The molecule has 0 radical (unpaired) electrons. The molecule has 0 aliphatic heterocycles. The van der Waals surface area contributed by atoms with Gasteiger partial charge >= 0.3 is 0 Å². The highest BCUT2D eigenvalue weighted by Gasteiger charge is 2.33. The molecule has 0 aromatic carbocycles. The van der Waals surface area contributed by atoms with Gasteiger partial charge in [0.2, 0.25) is 0 Å². The quantitative estimate of drug-likeness (QED) is 0.790. The topological polar surface area (TPSA) is 81.1 Å². The van der Waals surface area contributed by atoms with E-state index < -0.39 is 5.91 Å². The smallest absolute Gasteiger partial charge is 0.260 e. The lowest BCUT2D eigenvalue weighted by Crippen LogP contribution is -2.20. The molecule has 0 atom stereocenters. The molecule has 5 N–H and O–H groups in total.